The molecule has 1 aromatic heterocycles. The van der Waals surface area contributed by atoms with Crippen molar-refractivity contribution in [2.45, 2.75) is 31.2 Å². The maximum absolute atomic E-state index is 14.1. The molecule has 0 unspecified atom stereocenters. The van der Waals surface area contributed by atoms with Gasteiger partial charge in [-0.1, -0.05) is 24.3 Å². The molecule has 2 saturated heterocycles. The lowest BCUT2D eigenvalue weighted by Crippen LogP contribution is -2.45. The summed E-state index contributed by atoms with van der Waals surface area (Å²) in [6.07, 6.45) is 1.82. The minimum absolute atomic E-state index is 0.0437. The SMILES string of the molecule is O=C1C[C@@H](N2CCC(c3nc4ccccc4[nH]3)CC2)C(=O)N1c1ccccc1F. The van der Waals surface area contributed by atoms with Crippen LogP contribution in [0, 0.1) is 5.82 Å². The zero-order valence-corrected chi connectivity index (χ0v) is 15.8. The van der Waals surface area contributed by atoms with Crippen molar-refractivity contribution in [2.24, 2.45) is 0 Å². The number of aromatic nitrogens is 2. The lowest BCUT2D eigenvalue weighted by atomic mass is 9.95. The number of anilines is 1. The number of fused-ring (bicyclic) bond motifs is 1. The molecule has 0 spiro atoms. The minimum atomic E-state index is -0.557. The molecule has 1 N–H and O–H groups in total. The van der Waals surface area contributed by atoms with Crippen LogP contribution >= 0.6 is 0 Å². The van der Waals surface area contributed by atoms with E-state index in [1.807, 2.05) is 24.3 Å². The Bertz CT molecular complexity index is 1050. The monoisotopic (exact) mass is 392 g/mol. The lowest BCUT2D eigenvalue weighted by Gasteiger charge is -2.34. The second-order valence-corrected chi connectivity index (χ2v) is 7.69. The summed E-state index contributed by atoms with van der Waals surface area (Å²) in [5.74, 6) is 0.0476. The van der Waals surface area contributed by atoms with E-state index in [-0.39, 0.29) is 23.9 Å². The predicted octanol–water partition coefficient (Wildman–Crippen LogP) is 3.21. The second-order valence-electron chi connectivity index (χ2n) is 7.69. The molecule has 2 fully saturated rings. The molecule has 0 saturated carbocycles. The molecule has 2 aliphatic heterocycles. The third-order valence-corrected chi connectivity index (χ3v) is 5.98. The van der Waals surface area contributed by atoms with Gasteiger partial charge in [0.05, 0.1) is 29.2 Å². The highest BCUT2D eigenvalue weighted by atomic mass is 19.1. The largest absolute Gasteiger partial charge is 0.342 e. The first kappa shape index (κ1) is 18.0. The maximum Gasteiger partial charge on any atom is 0.251 e. The molecule has 1 atom stereocenters. The number of hydrogen-bond acceptors (Lipinski definition) is 4. The average molecular weight is 392 g/mol. The van der Waals surface area contributed by atoms with Crippen molar-refractivity contribution in [3.8, 4) is 0 Å². The lowest BCUT2D eigenvalue weighted by molar-refractivity contribution is -0.123. The van der Waals surface area contributed by atoms with Crippen LogP contribution in [0.2, 0.25) is 0 Å². The molecular weight excluding hydrogens is 371 g/mol. The van der Waals surface area contributed by atoms with Gasteiger partial charge in [-0.05, 0) is 50.2 Å². The summed E-state index contributed by atoms with van der Waals surface area (Å²) in [6.45, 7) is 1.41. The van der Waals surface area contributed by atoms with Crippen molar-refractivity contribution in [1.29, 1.82) is 0 Å². The molecule has 148 valence electrons. The Kier molecular flexibility index (Phi) is 4.39. The Balaban J connectivity index is 1.29. The molecule has 2 aromatic carbocycles. The fourth-order valence-electron chi connectivity index (χ4n) is 4.44. The quantitative estimate of drug-likeness (QED) is 0.695. The van der Waals surface area contributed by atoms with Crippen molar-refractivity contribution in [2.75, 3.05) is 18.0 Å². The summed E-state index contributed by atoms with van der Waals surface area (Å²) in [5, 5.41) is 0. The maximum atomic E-state index is 14.1. The highest BCUT2D eigenvalue weighted by Crippen LogP contribution is 2.32. The molecule has 0 aliphatic carbocycles. The summed E-state index contributed by atoms with van der Waals surface area (Å²) in [7, 11) is 0. The molecule has 0 bridgehead atoms. The van der Waals surface area contributed by atoms with Gasteiger partial charge in [0.2, 0.25) is 5.91 Å². The van der Waals surface area contributed by atoms with Gasteiger partial charge < -0.3 is 4.98 Å². The molecule has 2 aliphatic rings. The first-order valence-corrected chi connectivity index (χ1v) is 9.92. The fraction of sp³-hybridized carbons (Fsp3) is 0.318. The number of imide groups is 1. The number of piperidine rings is 1. The molecule has 29 heavy (non-hydrogen) atoms. The van der Waals surface area contributed by atoms with Gasteiger partial charge in [0.1, 0.15) is 11.6 Å². The summed E-state index contributed by atoms with van der Waals surface area (Å²) >= 11 is 0. The van der Waals surface area contributed by atoms with E-state index in [1.165, 1.54) is 12.1 Å². The van der Waals surface area contributed by atoms with Crippen LogP contribution in [0.1, 0.15) is 31.0 Å². The normalized spacial score (nSPS) is 21.4. The number of carbonyl (C=O) groups is 2. The minimum Gasteiger partial charge on any atom is -0.342 e. The second kappa shape index (κ2) is 7.08. The van der Waals surface area contributed by atoms with E-state index in [1.54, 1.807) is 12.1 Å². The van der Waals surface area contributed by atoms with E-state index in [0.29, 0.717) is 19.0 Å². The number of amides is 2. The molecule has 2 amide bonds. The van der Waals surface area contributed by atoms with Gasteiger partial charge in [0, 0.05) is 5.92 Å². The van der Waals surface area contributed by atoms with Gasteiger partial charge >= 0.3 is 0 Å². The number of rotatable bonds is 3. The highest BCUT2D eigenvalue weighted by molar-refractivity contribution is 6.22. The van der Waals surface area contributed by atoms with E-state index >= 15 is 0 Å². The molecule has 6 nitrogen and oxygen atoms in total. The Morgan fingerprint density at radius 3 is 2.48 bits per heavy atom. The molecule has 3 aromatic rings. The van der Waals surface area contributed by atoms with Crippen LogP contribution in [-0.2, 0) is 9.59 Å². The van der Waals surface area contributed by atoms with Crippen LogP contribution < -0.4 is 4.90 Å². The Morgan fingerprint density at radius 2 is 1.72 bits per heavy atom. The molecule has 5 rings (SSSR count). The van der Waals surface area contributed by atoms with Crippen LogP contribution in [0.3, 0.4) is 0 Å². The molecule has 3 heterocycles. The third kappa shape index (κ3) is 3.11. The van der Waals surface area contributed by atoms with E-state index in [4.69, 9.17) is 4.98 Å². The molecule has 0 radical (unpaired) electrons. The van der Waals surface area contributed by atoms with Crippen molar-refractivity contribution in [3.05, 3.63) is 60.2 Å². The van der Waals surface area contributed by atoms with Crippen LogP contribution in [0.15, 0.2) is 48.5 Å². The Hall–Kier alpha value is -3.06. The molecular formula is C22H21FN4O2. The number of aromatic amines is 1. The van der Waals surface area contributed by atoms with Gasteiger partial charge in [0.15, 0.2) is 0 Å². The number of carbonyl (C=O) groups excluding carboxylic acids is 2. The van der Waals surface area contributed by atoms with Gasteiger partial charge in [-0.25, -0.2) is 14.3 Å². The number of H-pyrrole nitrogens is 1. The Labute approximate surface area is 167 Å². The fourth-order valence-corrected chi connectivity index (χ4v) is 4.44. The van der Waals surface area contributed by atoms with Crippen molar-refractivity contribution >= 4 is 28.5 Å². The first-order chi connectivity index (χ1) is 14.1. The molecule has 7 heteroatoms. The van der Waals surface area contributed by atoms with E-state index in [2.05, 4.69) is 9.88 Å². The number of likely N-dealkylation sites (tertiary alicyclic amines) is 1. The predicted molar refractivity (Wildman–Crippen MR) is 107 cm³/mol. The summed E-state index contributed by atoms with van der Waals surface area (Å²) < 4.78 is 14.1. The van der Waals surface area contributed by atoms with Crippen molar-refractivity contribution < 1.29 is 14.0 Å². The smallest absolute Gasteiger partial charge is 0.251 e. The number of imidazole rings is 1. The van der Waals surface area contributed by atoms with Crippen molar-refractivity contribution in [3.63, 3.8) is 0 Å². The van der Waals surface area contributed by atoms with Crippen LogP contribution in [-0.4, -0.2) is 45.8 Å². The standard InChI is InChI=1S/C22H21FN4O2/c23-15-5-1-4-8-18(15)27-20(28)13-19(22(27)29)26-11-9-14(10-12-26)21-24-16-6-2-3-7-17(16)25-21/h1-8,14,19H,9-13H2,(H,24,25)/t19-/m1/s1. The zero-order valence-electron chi connectivity index (χ0n) is 15.8. The van der Waals surface area contributed by atoms with Gasteiger partial charge in [-0.3, -0.25) is 14.5 Å². The van der Waals surface area contributed by atoms with E-state index in [0.717, 1.165) is 34.6 Å². The van der Waals surface area contributed by atoms with Gasteiger partial charge in [-0.2, -0.15) is 0 Å². The zero-order chi connectivity index (χ0) is 20.0. The first-order valence-electron chi connectivity index (χ1n) is 9.92. The number of para-hydroxylation sites is 3. The number of nitrogens with one attached hydrogen (secondary N) is 1. The highest BCUT2D eigenvalue weighted by Gasteiger charge is 2.44. The number of benzene rings is 2. The van der Waals surface area contributed by atoms with Crippen LogP contribution in [0.4, 0.5) is 10.1 Å². The number of halogens is 1. The van der Waals surface area contributed by atoms with Gasteiger partial charge in [0.25, 0.3) is 5.91 Å². The van der Waals surface area contributed by atoms with Crippen molar-refractivity contribution in [1.82, 2.24) is 14.9 Å². The number of hydrogen-bond donors (Lipinski definition) is 1. The van der Waals surface area contributed by atoms with E-state index < -0.39 is 11.9 Å². The average Bonchev–Trinajstić information content (AvgIpc) is 3.30. The van der Waals surface area contributed by atoms with Gasteiger partial charge in [-0.15, -0.1) is 0 Å². The van der Waals surface area contributed by atoms with Crippen LogP contribution in [0.25, 0.3) is 11.0 Å². The summed E-state index contributed by atoms with van der Waals surface area (Å²) in [5.41, 5.74) is 2.03. The van der Waals surface area contributed by atoms with Crippen LogP contribution in [0.5, 0.6) is 0 Å². The summed E-state index contributed by atoms with van der Waals surface area (Å²) in [4.78, 5) is 36.6. The third-order valence-electron chi connectivity index (χ3n) is 5.98. The topological polar surface area (TPSA) is 69.3 Å². The summed E-state index contributed by atoms with van der Waals surface area (Å²) in [6, 6.07) is 13.4. The van der Waals surface area contributed by atoms with E-state index in [9.17, 15) is 14.0 Å². The number of nitrogens with zero attached hydrogens (tertiary/aromatic N) is 3. The Morgan fingerprint density at radius 1 is 1.00 bits per heavy atom.